The molecular formula is C26H24N2O4. The van der Waals surface area contributed by atoms with Gasteiger partial charge in [0, 0.05) is 11.3 Å². The molecule has 1 aliphatic heterocycles. The van der Waals surface area contributed by atoms with E-state index in [1.165, 1.54) is 12.0 Å². The van der Waals surface area contributed by atoms with E-state index in [0.29, 0.717) is 22.7 Å². The molecule has 32 heavy (non-hydrogen) atoms. The van der Waals surface area contributed by atoms with Gasteiger partial charge in [-0.25, -0.2) is 4.90 Å². The van der Waals surface area contributed by atoms with Gasteiger partial charge in [0.1, 0.15) is 17.2 Å². The molecule has 2 amide bonds. The number of para-hydroxylation sites is 1. The Kier molecular flexibility index (Phi) is 5.69. The fraction of sp³-hybridized carbons (Fsp3) is 0.154. The minimum atomic E-state index is -0.431. The van der Waals surface area contributed by atoms with Crippen LogP contribution in [0.15, 0.2) is 72.4 Å². The second-order valence-electron chi connectivity index (χ2n) is 7.52. The van der Waals surface area contributed by atoms with Crippen LogP contribution >= 0.6 is 0 Å². The first kappa shape index (κ1) is 21.2. The lowest BCUT2D eigenvalue weighted by Gasteiger charge is -2.16. The van der Waals surface area contributed by atoms with Crippen molar-refractivity contribution in [1.82, 2.24) is 0 Å². The normalized spacial score (nSPS) is 13.6. The van der Waals surface area contributed by atoms with Gasteiger partial charge in [-0.2, -0.15) is 0 Å². The maximum Gasteiger partial charge on any atom is 0.282 e. The predicted octanol–water partition coefficient (Wildman–Crippen LogP) is 4.72. The number of benzene rings is 3. The monoisotopic (exact) mass is 428 g/mol. The van der Waals surface area contributed by atoms with Gasteiger partial charge in [0.05, 0.1) is 25.5 Å². The van der Waals surface area contributed by atoms with Crippen molar-refractivity contribution < 1.29 is 19.1 Å². The van der Waals surface area contributed by atoms with Crippen molar-refractivity contribution in [3.05, 3.63) is 89.1 Å². The smallest absolute Gasteiger partial charge is 0.282 e. The topological polar surface area (TPSA) is 67.9 Å². The Bertz CT molecular complexity index is 1230. The third kappa shape index (κ3) is 3.71. The number of methoxy groups -OCH3 is 2. The number of nitrogens with zero attached hydrogens (tertiary/aromatic N) is 1. The van der Waals surface area contributed by atoms with Gasteiger partial charge >= 0.3 is 0 Å². The van der Waals surface area contributed by atoms with E-state index in [0.717, 1.165) is 16.8 Å². The Balaban J connectivity index is 1.84. The molecule has 0 aromatic heterocycles. The van der Waals surface area contributed by atoms with E-state index >= 15 is 0 Å². The molecule has 0 spiro atoms. The van der Waals surface area contributed by atoms with Crippen molar-refractivity contribution in [2.45, 2.75) is 13.8 Å². The van der Waals surface area contributed by atoms with Crippen molar-refractivity contribution in [2.75, 3.05) is 24.4 Å². The van der Waals surface area contributed by atoms with E-state index in [1.54, 1.807) is 43.5 Å². The van der Waals surface area contributed by atoms with Crippen LogP contribution in [0.4, 0.5) is 11.4 Å². The van der Waals surface area contributed by atoms with Crippen molar-refractivity contribution >= 4 is 28.8 Å². The largest absolute Gasteiger partial charge is 0.497 e. The first-order valence-electron chi connectivity index (χ1n) is 10.2. The van der Waals surface area contributed by atoms with E-state index in [-0.39, 0.29) is 11.3 Å². The van der Waals surface area contributed by atoms with Gasteiger partial charge in [-0.3, -0.25) is 9.59 Å². The summed E-state index contributed by atoms with van der Waals surface area (Å²) in [5.74, 6) is 0.300. The number of imide groups is 1. The number of aryl methyl sites for hydroxylation is 2. The van der Waals surface area contributed by atoms with E-state index < -0.39 is 11.8 Å². The zero-order valence-electron chi connectivity index (χ0n) is 18.4. The molecule has 0 unspecified atom stereocenters. The van der Waals surface area contributed by atoms with Gasteiger partial charge in [0.2, 0.25) is 0 Å². The minimum Gasteiger partial charge on any atom is -0.497 e. The number of carbonyl (C=O) groups is 2. The molecule has 162 valence electrons. The highest BCUT2D eigenvalue weighted by Gasteiger charge is 2.41. The number of amides is 2. The Hall–Kier alpha value is -4.06. The summed E-state index contributed by atoms with van der Waals surface area (Å²) in [6, 6.07) is 19.8. The number of carbonyl (C=O) groups excluding carboxylic acids is 2. The zero-order chi connectivity index (χ0) is 22.8. The van der Waals surface area contributed by atoms with Gasteiger partial charge < -0.3 is 14.8 Å². The number of hydrogen-bond acceptors (Lipinski definition) is 5. The number of hydrogen-bond donors (Lipinski definition) is 1. The van der Waals surface area contributed by atoms with Gasteiger partial charge in [-0.05, 0) is 67.4 Å². The first-order chi connectivity index (χ1) is 15.4. The second-order valence-corrected chi connectivity index (χ2v) is 7.52. The summed E-state index contributed by atoms with van der Waals surface area (Å²) >= 11 is 0. The first-order valence-corrected chi connectivity index (χ1v) is 10.2. The number of rotatable bonds is 6. The van der Waals surface area contributed by atoms with Crippen molar-refractivity contribution in [3.63, 3.8) is 0 Å². The molecule has 0 aliphatic carbocycles. The summed E-state index contributed by atoms with van der Waals surface area (Å²) in [4.78, 5) is 28.3. The lowest BCUT2D eigenvalue weighted by molar-refractivity contribution is -0.120. The van der Waals surface area contributed by atoms with Crippen LogP contribution in [0.1, 0.15) is 16.7 Å². The molecule has 1 heterocycles. The maximum atomic E-state index is 13.6. The molecular weight excluding hydrogens is 404 g/mol. The van der Waals surface area contributed by atoms with E-state index in [2.05, 4.69) is 5.32 Å². The average Bonchev–Trinajstić information content (AvgIpc) is 3.05. The van der Waals surface area contributed by atoms with E-state index in [9.17, 15) is 9.59 Å². The molecule has 0 saturated carbocycles. The fourth-order valence-corrected chi connectivity index (χ4v) is 3.68. The van der Waals surface area contributed by atoms with Crippen LogP contribution in [0.3, 0.4) is 0 Å². The van der Waals surface area contributed by atoms with Crippen LogP contribution in [-0.4, -0.2) is 26.0 Å². The summed E-state index contributed by atoms with van der Waals surface area (Å²) in [7, 11) is 3.10. The highest BCUT2D eigenvalue weighted by Crippen LogP contribution is 2.37. The quantitative estimate of drug-likeness (QED) is 0.576. The Labute approximate surface area is 187 Å². The highest BCUT2D eigenvalue weighted by molar-refractivity contribution is 6.46. The molecule has 3 aromatic rings. The average molecular weight is 428 g/mol. The van der Waals surface area contributed by atoms with E-state index in [4.69, 9.17) is 9.47 Å². The lowest BCUT2D eigenvalue weighted by Crippen LogP contribution is -2.32. The molecule has 0 atom stereocenters. The van der Waals surface area contributed by atoms with Gasteiger partial charge in [-0.15, -0.1) is 0 Å². The zero-order valence-corrected chi connectivity index (χ0v) is 18.4. The molecule has 4 rings (SSSR count). The van der Waals surface area contributed by atoms with Gasteiger partial charge in [0.25, 0.3) is 11.8 Å². The molecule has 1 aliphatic rings. The maximum absolute atomic E-state index is 13.6. The molecule has 0 bridgehead atoms. The van der Waals surface area contributed by atoms with Crippen LogP contribution in [0.5, 0.6) is 11.5 Å². The molecule has 3 aromatic carbocycles. The Morgan fingerprint density at radius 2 is 1.50 bits per heavy atom. The second kappa shape index (κ2) is 8.59. The van der Waals surface area contributed by atoms with E-state index in [1.807, 2.05) is 44.2 Å². The van der Waals surface area contributed by atoms with Crippen LogP contribution in [0.25, 0.3) is 5.57 Å². The fourth-order valence-electron chi connectivity index (χ4n) is 3.68. The SMILES string of the molecule is COc1ccc(N2C(=O)C(Nc3ccc(C)c(C)c3)=C(c3ccccc3OC)C2=O)cc1. The summed E-state index contributed by atoms with van der Waals surface area (Å²) in [5, 5.41) is 3.20. The minimum absolute atomic E-state index is 0.207. The van der Waals surface area contributed by atoms with Crippen molar-refractivity contribution in [1.29, 1.82) is 0 Å². The summed E-state index contributed by atoms with van der Waals surface area (Å²) in [6.07, 6.45) is 0. The molecule has 0 radical (unpaired) electrons. The van der Waals surface area contributed by atoms with Crippen molar-refractivity contribution in [3.8, 4) is 11.5 Å². The standard InChI is InChI=1S/C26H24N2O4/c1-16-9-10-18(15-17(16)2)27-24-23(21-7-5-6-8-22(21)32-4)25(29)28(26(24)30)19-11-13-20(31-3)14-12-19/h5-15,27H,1-4H3. The third-order valence-electron chi connectivity index (χ3n) is 5.57. The summed E-state index contributed by atoms with van der Waals surface area (Å²) in [6.45, 7) is 4.02. The number of ether oxygens (including phenoxy) is 2. The summed E-state index contributed by atoms with van der Waals surface area (Å²) in [5.41, 5.74) is 4.44. The Morgan fingerprint density at radius 1 is 0.781 bits per heavy atom. The van der Waals surface area contributed by atoms with Crippen LogP contribution in [0.2, 0.25) is 0 Å². The number of nitrogens with one attached hydrogen (secondary N) is 1. The molecule has 6 nitrogen and oxygen atoms in total. The van der Waals surface area contributed by atoms with Crippen molar-refractivity contribution in [2.24, 2.45) is 0 Å². The van der Waals surface area contributed by atoms with Crippen LogP contribution in [0, 0.1) is 13.8 Å². The Morgan fingerprint density at radius 3 is 2.16 bits per heavy atom. The van der Waals surface area contributed by atoms with Gasteiger partial charge in [0.15, 0.2) is 0 Å². The van der Waals surface area contributed by atoms with Crippen LogP contribution < -0.4 is 19.7 Å². The van der Waals surface area contributed by atoms with Crippen LogP contribution in [-0.2, 0) is 9.59 Å². The summed E-state index contributed by atoms with van der Waals surface area (Å²) < 4.78 is 10.7. The number of anilines is 2. The molecule has 0 fully saturated rings. The molecule has 0 saturated heterocycles. The molecule has 6 heteroatoms. The molecule has 1 N–H and O–H groups in total. The lowest BCUT2D eigenvalue weighted by atomic mass is 10.0. The van der Waals surface area contributed by atoms with Gasteiger partial charge in [-0.1, -0.05) is 24.3 Å². The predicted molar refractivity (Wildman–Crippen MR) is 125 cm³/mol. The third-order valence-corrected chi connectivity index (χ3v) is 5.57. The highest BCUT2D eigenvalue weighted by atomic mass is 16.5.